The lowest BCUT2D eigenvalue weighted by molar-refractivity contribution is 0.140. The fourth-order valence-electron chi connectivity index (χ4n) is 1.70. The van der Waals surface area contributed by atoms with E-state index in [1.54, 1.807) is 7.11 Å². The molecule has 0 saturated carbocycles. The first kappa shape index (κ1) is 12.5. The van der Waals surface area contributed by atoms with Gasteiger partial charge in [-0.3, -0.25) is 0 Å². The van der Waals surface area contributed by atoms with E-state index in [9.17, 15) is 0 Å². The molecule has 0 amide bonds. The van der Waals surface area contributed by atoms with E-state index in [4.69, 9.17) is 10.6 Å². The molecule has 0 aromatic heterocycles. The van der Waals surface area contributed by atoms with Gasteiger partial charge in [0.15, 0.2) is 0 Å². The molecule has 0 aliphatic heterocycles. The van der Waals surface area contributed by atoms with Gasteiger partial charge in [-0.2, -0.15) is 0 Å². The van der Waals surface area contributed by atoms with E-state index >= 15 is 0 Å². The fraction of sp³-hybridized carbons (Fsp3) is 0.455. The Morgan fingerprint density at radius 3 is 2.53 bits per heavy atom. The highest BCUT2D eigenvalue weighted by Crippen LogP contribution is 2.33. The van der Waals surface area contributed by atoms with Gasteiger partial charge >= 0.3 is 0 Å². The van der Waals surface area contributed by atoms with Crippen LogP contribution in [0.2, 0.25) is 0 Å². The summed E-state index contributed by atoms with van der Waals surface area (Å²) in [6.07, 6.45) is 0.739. The van der Waals surface area contributed by atoms with Crippen LogP contribution >= 0.6 is 15.9 Å². The molecule has 0 heterocycles. The summed E-state index contributed by atoms with van der Waals surface area (Å²) in [4.78, 5) is 4.60. The third-order valence-electron chi connectivity index (χ3n) is 2.35. The van der Waals surface area contributed by atoms with Gasteiger partial charge in [0.2, 0.25) is 0 Å². The Labute approximate surface area is 98.6 Å². The summed E-state index contributed by atoms with van der Waals surface area (Å²) >= 11 is 3.56. The summed E-state index contributed by atoms with van der Waals surface area (Å²) in [5, 5.41) is 0. The quantitative estimate of drug-likeness (QED) is 0.858. The van der Waals surface area contributed by atoms with Crippen molar-refractivity contribution in [2.45, 2.75) is 20.3 Å². The third kappa shape index (κ3) is 2.71. The molecule has 0 bridgehead atoms. The van der Waals surface area contributed by atoms with Gasteiger partial charge in [0, 0.05) is 16.5 Å². The standard InChI is InChI=1S/C11H16BrNO2/c1-7-6-8(2)11(14-3)9(10(7)12)4-5-15-13/h6H,4-5,13H2,1-3H3. The van der Waals surface area contributed by atoms with Crippen molar-refractivity contribution in [2.24, 2.45) is 5.90 Å². The Bertz CT molecular complexity index is 353. The first-order chi connectivity index (χ1) is 7.11. The first-order valence-electron chi connectivity index (χ1n) is 4.76. The first-order valence-corrected chi connectivity index (χ1v) is 5.55. The number of methoxy groups -OCH3 is 1. The molecule has 0 aliphatic carbocycles. The molecule has 0 unspecified atom stereocenters. The summed E-state index contributed by atoms with van der Waals surface area (Å²) in [5.41, 5.74) is 3.44. The summed E-state index contributed by atoms with van der Waals surface area (Å²) < 4.78 is 6.45. The smallest absolute Gasteiger partial charge is 0.126 e. The molecular formula is C11H16BrNO2. The number of ether oxygens (including phenoxy) is 1. The molecule has 1 rings (SSSR count). The van der Waals surface area contributed by atoms with Crippen LogP contribution in [0.4, 0.5) is 0 Å². The van der Waals surface area contributed by atoms with Gasteiger partial charge in [0.1, 0.15) is 5.75 Å². The highest BCUT2D eigenvalue weighted by atomic mass is 79.9. The average molecular weight is 274 g/mol. The Kier molecular flexibility index (Phi) is 4.57. The second-order valence-corrected chi connectivity index (χ2v) is 4.25. The lowest BCUT2D eigenvalue weighted by atomic mass is 10.0. The van der Waals surface area contributed by atoms with Gasteiger partial charge in [-0.25, -0.2) is 5.90 Å². The number of halogens is 1. The highest BCUT2D eigenvalue weighted by Gasteiger charge is 2.12. The summed E-state index contributed by atoms with van der Waals surface area (Å²) in [6.45, 7) is 4.58. The minimum absolute atomic E-state index is 0.484. The summed E-state index contributed by atoms with van der Waals surface area (Å²) in [7, 11) is 1.68. The maximum Gasteiger partial charge on any atom is 0.126 e. The lowest BCUT2D eigenvalue weighted by Crippen LogP contribution is -2.06. The minimum atomic E-state index is 0.484. The van der Waals surface area contributed by atoms with Gasteiger partial charge in [0.25, 0.3) is 0 Å². The van der Waals surface area contributed by atoms with E-state index in [1.165, 1.54) is 5.56 Å². The van der Waals surface area contributed by atoms with Crippen LogP contribution in [0.25, 0.3) is 0 Å². The maximum absolute atomic E-state index is 5.38. The second-order valence-electron chi connectivity index (χ2n) is 3.46. The van der Waals surface area contributed by atoms with E-state index < -0.39 is 0 Å². The zero-order chi connectivity index (χ0) is 11.4. The normalized spacial score (nSPS) is 10.5. The van der Waals surface area contributed by atoms with Crippen LogP contribution in [0.5, 0.6) is 5.75 Å². The van der Waals surface area contributed by atoms with Crippen molar-refractivity contribution in [1.29, 1.82) is 0 Å². The van der Waals surface area contributed by atoms with Crippen molar-refractivity contribution in [3.63, 3.8) is 0 Å². The van der Waals surface area contributed by atoms with Gasteiger partial charge in [-0.05, 0) is 25.0 Å². The van der Waals surface area contributed by atoms with Crippen molar-refractivity contribution >= 4 is 15.9 Å². The van der Waals surface area contributed by atoms with E-state index in [0.717, 1.165) is 27.8 Å². The zero-order valence-electron chi connectivity index (χ0n) is 9.26. The van der Waals surface area contributed by atoms with E-state index in [2.05, 4.69) is 33.8 Å². The van der Waals surface area contributed by atoms with Crippen LogP contribution in [0.1, 0.15) is 16.7 Å². The van der Waals surface area contributed by atoms with Crippen LogP contribution in [-0.2, 0) is 11.3 Å². The minimum Gasteiger partial charge on any atom is -0.496 e. The molecule has 0 saturated heterocycles. The van der Waals surface area contributed by atoms with Crippen LogP contribution in [0.15, 0.2) is 10.5 Å². The third-order valence-corrected chi connectivity index (χ3v) is 3.45. The van der Waals surface area contributed by atoms with E-state index in [0.29, 0.717) is 6.61 Å². The molecule has 4 heteroatoms. The molecule has 2 N–H and O–H groups in total. The monoisotopic (exact) mass is 273 g/mol. The molecule has 0 atom stereocenters. The van der Waals surface area contributed by atoms with E-state index in [1.807, 2.05) is 6.92 Å². The maximum atomic E-state index is 5.38. The van der Waals surface area contributed by atoms with Crippen molar-refractivity contribution in [2.75, 3.05) is 13.7 Å². The highest BCUT2D eigenvalue weighted by molar-refractivity contribution is 9.10. The molecule has 0 fully saturated rings. The SMILES string of the molecule is COc1c(C)cc(C)c(Br)c1CCON. The molecule has 15 heavy (non-hydrogen) atoms. The zero-order valence-corrected chi connectivity index (χ0v) is 10.8. The van der Waals surface area contributed by atoms with Crippen molar-refractivity contribution in [1.82, 2.24) is 0 Å². The molecule has 84 valence electrons. The topological polar surface area (TPSA) is 44.5 Å². The van der Waals surface area contributed by atoms with Crippen LogP contribution in [0, 0.1) is 13.8 Å². The van der Waals surface area contributed by atoms with Gasteiger partial charge in [0.05, 0.1) is 13.7 Å². The van der Waals surface area contributed by atoms with Crippen LogP contribution in [-0.4, -0.2) is 13.7 Å². The average Bonchev–Trinajstić information content (AvgIpc) is 2.21. The predicted molar refractivity (Wildman–Crippen MR) is 64.0 cm³/mol. The van der Waals surface area contributed by atoms with Gasteiger partial charge in [-0.1, -0.05) is 22.0 Å². The Balaban J connectivity index is 3.18. The predicted octanol–water partition coefficient (Wildman–Crippen LogP) is 2.51. The van der Waals surface area contributed by atoms with Gasteiger partial charge < -0.3 is 9.57 Å². The van der Waals surface area contributed by atoms with Crippen LogP contribution in [0.3, 0.4) is 0 Å². The molecule has 0 spiro atoms. The van der Waals surface area contributed by atoms with Crippen molar-refractivity contribution in [3.05, 3.63) is 27.2 Å². The number of rotatable bonds is 4. The molecular weight excluding hydrogens is 258 g/mol. The lowest BCUT2D eigenvalue weighted by Gasteiger charge is -2.15. The Morgan fingerprint density at radius 2 is 2.00 bits per heavy atom. The number of benzene rings is 1. The number of aryl methyl sites for hydroxylation is 2. The van der Waals surface area contributed by atoms with Gasteiger partial charge in [-0.15, -0.1) is 0 Å². The second kappa shape index (κ2) is 5.49. The largest absolute Gasteiger partial charge is 0.496 e. The summed E-state index contributed by atoms with van der Waals surface area (Å²) in [5.74, 6) is 5.94. The molecule has 0 aliphatic rings. The molecule has 0 radical (unpaired) electrons. The van der Waals surface area contributed by atoms with Crippen molar-refractivity contribution < 1.29 is 9.57 Å². The molecule has 3 nitrogen and oxygen atoms in total. The number of nitrogens with two attached hydrogens (primary N) is 1. The van der Waals surface area contributed by atoms with Crippen LogP contribution < -0.4 is 10.6 Å². The number of hydrogen-bond acceptors (Lipinski definition) is 3. The number of hydrogen-bond donors (Lipinski definition) is 1. The Hall–Kier alpha value is -0.580. The summed E-state index contributed by atoms with van der Waals surface area (Å²) in [6, 6.07) is 2.09. The van der Waals surface area contributed by atoms with Crippen molar-refractivity contribution in [3.8, 4) is 5.75 Å². The Morgan fingerprint density at radius 1 is 1.33 bits per heavy atom. The molecule has 1 aromatic rings. The fourth-order valence-corrected chi connectivity index (χ4v) is 2.19. The molecule has 1 aromatic carbocycles. The van der Waals surface area contributed by atoms with E-state index in [-0.39, 0.29) is 0 Å².